The second-order valence-electron chi connectivity index (χ2n) is 11.5. The summed E-state index contributed by atoms with van der Waals surface area (Å²) in [6.07, 6.45) is -3.53. The van der Waals surface area contributed by atoms with Gasteiger partial charge in [-0.25, -0.2) is 9.18 Å². The number of hydrogen-bond acceptors (Lipinski definition) is 10. The molecule has 0 saturated heterocycles. The summed E-state index contributed by atoms with van der Waals surface area (Å²) in [7, 11) is 0. The number of ether oxygens (including phenoxy) is 1. The molecule has 0 bridgehead atoms. The van der Waals surface area contributed by atoms with E-state index in [2.05, 4.69) is 41.5 Å². The zero-order chi connectivity index (χ0) is 37.5. The van der Waals surface area contributed by atoms with Crippen LogP contribution >= 0.6 is 11.6 Å². The van der Waals surface area contributed by atoms with Crippen LogP contribution in [0.4, 0.5) is 40.8 Å². The van der Waals surface area contributed by atoms with Crippen LogP contribution in [0.3, 0.4) is 0 Å². The van der Waals surface area contributed by atoms with E-state index in [0.29, 0.717) is 23.6 Å². The van der Waals surface area contributed by atoms with Crippen LogP contribution in [-0.4, -0.2) is 69.1 Å². The highest BCUT2D eigenvalue weighted by atomic mass is 35.5. The van der Waals surface area contributed by atoms with Gasteiger partial charge in [-0.15, -0.1) is 0 Å². The van der Waals surface area contributed by atoms with Crippen molar-refractivity contribution in [3.05, 3.63) is 94.8 Å². The number of nitrogens with one attached hydrogen (secondary N) is 5. The first-order chi connectivity index (χ1) is 24.7. The number of carboxylic acids is 1. The molecule has 0 spiro atoms. The van der Waals surface area contributed by atoms with Crippen molar-refractivity contribution in [1.29, 1.82) is 0 Å². The van der Waals surface area contributed by atoms with Crippen LogP contribution in [-0.2, 0) is 19.9 Å². The van der Waals surface area contributed by atoms with Gasteiger partial charge in [0.05, 0.1) is 5.54 Å². The molecule has 3 aromatic carbocycles. The van der Waals surface area contributed by atoms with E-state index < -0.39 is 59.9 Å². The van der Waals surface area contributed by atoms with E-state index in [9.17, 15) is 41.8 Å². The van der Waals surface area contributed by atoms with Gasteiger partial charge in [-0.05, 0) is 79.4 Å². The van der Waals surface area contributed by atoms with Gasteiger partial charge in [-0.3, -0.25) is 14.4 Å². The molecule has 1 heterocycles. The van der Waals surface area contributed by atoms with Gasteiger partial charge in [-0.2, -0.15) is 28.1 Å². The van der Waals surface area contributed by atoms with E-state index in [0.717, 1.165) is 17.7 Å². The third kappa shape index (κ3) is 10.5. The van der Waals surface area contributed by atoms with E-state index in [1.165, 1.54) is 36.4 Å². The minimum absolute atomic E-state index is 0.00741. The Morgan fingerprint density at radius 3 is 2.23 bits per heavy atom. The van der Waals surface area contributed by atoms with Crippen LogP contribution in [0.25, 0.3) is 0 Å². The molecule has 1 atom stereocenters. The van der Waals surface area contributed by atoms with Crippen LogP contribution in [0.5, 0.6) is 6.01 Å². The molecule has 1 aromatic heterocycles. The second kappa shape index (κ2) is 15.9. The van der Waals surface area contributed by atoms with Crippen molar-refractivity contribution in [1.82, 2.24) is 25.6 Å². The van der Waals surface area contributed by atoms with Crippen molar-refractivity contribution in [3.63, 3.8) is 0 Å². The molecule has 1 unspecified atom stereocenters. The number of aliphatic carboxylic acids is 1. The maximum absolute atomic E-state index is 13.3. The average Bonchev–Trinajstić information content (AvgIpc) is 3.87. The first-order valence-corrected chi connectivity index (χ1v) is 15.8. The quantitative estimate of drug-likeness (QED) is 0.0768. The van der Waals surface area contributed by atoms with Crippen molar-refractivity contribution >= 4 is 58.6 Å². The lowest BCUT2D eigenvalue weighted by Gasteiger charge is -2.19. The van der Waals surface area contributed by atoms with Gasteiger partial charge < -0.3 is 36.4 Å². The maximum Gasteiger partial charge on any atom is 0.422 e. The number of halogens is 5. The van der Waals surface area contributed by atoms with Crippen molar-refractivity contribution in [2.45, 2.75) is 37.0 Å². The molecular formula is C33H29ClF4N8O6. The van der Waals surface area contributed by atoms with Crippen LogP contribution in [0.15, 0.2) is 72.8 Å². The first kappa shape index (κ1) is 37.2. The molecule has 5 rings (SSSR count). The Bertz CT molecular complexity index is 1950. The topological polar surface area (TPSA) is 197 Å². The maximum atomic E-state index is 13.3. The molecular weight excluding hydrogens is 716 g/mol. The predicted molar refractivity (Wildman–Crippen MR) is 179 cm³/mol. The Morgan fingerprint density at radius 2 is 1.60 bits per heavy atom. The third-order valence-corrected chi connectivity index (χ3v) is 7.74. The summed E-state index contributed by atoms with van der Waals surface area (Å²) in [6, 6.07) is 15.5. The van der Waals surface area contributed by atoms with Crippen LogP contribution < -0.4 is 31.3 Å². The summed E-state index contributed by atoms with van der Waals surface area (Å²) in [5.74, 6) is -5.40. The molecule has 0 aliphatic heterocycles. The van der Waals surface area contributed by atoms with Crippen LogP contribution in [0, 0.1) is 5.82 Å². The molecule has 6 N–H and O–H groups in total. The molecule has 4 aromatic rings. The predicted octanol–water partition coefficient (Wildman–Crippen LogP) is 4.78. The average molecular weight is 745 g/mol. The van der Waals surface area contributed by atoms with Gasteiger partial charge in [-0.1, -0.05) is 29.8 Å². The Morgan fingerprint density at radius 1 is 0.904 bits per heavy atom. The fraction of sp³-hybridized carbons (Fsp3) is 0.242. The summed E-state index contributed by atoms with van der Waals surface area (Å²) < 4.78 is 56.8. The lowest BCUT2D eigenvalue weighted by Crippen LogP contribution is -2.47. The number of carbonyl (C=O) groups is 4. The van der Waals surface area contributed by atoms with E-state index in [1.54, 1.807) is 12.1 Å². The normalized spacial score (nSPS) is 13.6. The lowest BCUT2D eigenvalue weighted by molar-refractivity contribution is -0.154. The molecule has 52 heavy (non-hydrogen) atoms. The Balaban J connectivity index is 1.18. The van der Waals surface area contributed by atoms with E-state index in [1.807, 2.05) is 12.1 Å². The number of anilines is 4. The number of benzene rings is 3. The van der Waals surface area contributed by atoms with Crippen molar-refractivity contribution < 1.29 is 46.6 Å². The van der Waals surface area contributed by atoms with Gasteiger partial charge in [0.1, 0.15) is 11.9 Å². The molecule has 1 saturated carbocycles. The Labute approximate surface area is 297 Å². The number of amides is 3. The smallest absolute Gasteiger partial charge is 0.422 e. The summed E-state index contributed by atoms with van der Waals surface area (Å²) in [6.45, 7) is -1.84. The van der Waals surface area contributed by atoms with Gasteiger partial charge in [0.2, 0.25) is 11.9 Å². The molecule has 1 aliphatic carbocycles. The van der Waals surface area contributed by atoms with Gasteiger partial charge in [0.15, 0.2) is 6.61 Å². The molecule has 272 valence electrons. The number of hydrogen-bond donors (Lipinski definition) is 6. The van der Waals surface area contributed by atoms with Gasteiger partial charge in [0, 0.05) is 28.5 Å². The standard InChI is InChI=1S/C33H29ClF4N8O6/c34-20-8-6-19(7-9-20)32(13-14-32)46-30-43-29(44-31(45-30)52-17-33(36,37)38)41-22-10-4-18(5-11-22)25(47)39-15-12-24(28(50)51)42-27(49)26(48)40-23-3-1-2-21(35)16-23/h1-11,16,24H,12-15,17H2,(H,39,47)(H,40,48)(H,42,49)(H,50,51)(H2,41,43,44,45,46). The molecule has 1 fully saturated rings. The highest BCUT2D eigenvalue weighted by molar-refractivity contribution is 6.40. The Hall–Kier alpha value is -6.04. The van der Waals surface area contributed by atoms with E-state index in [-0.39, 0.29) is 36.1 Å². The number of carboxylic acid groups (broad SMARTS) is 1. The summed E-state index contributed by atoms with van der Waals surface area (Å²) in [5.41, 5.74) is 0.814. The first-order valence-electron chi connectivity index (χ1n) is 15.4. The van der Waals surface area contributed by atoms with Crippen molar-refractivity contribution in [2.75, 3.05) is 29.1 Å². The fourth-order valence-corrected chi connectivity index (χ4v) is 4.90. The molecule has 0 radical (unpaired) electrons. The number of alkyl halides is 3. The highest BCUT2D eigenvalue weighted by Crippen LogP contribution is 2.48. The minimum atomic E-state index is -4.64. The molecule has 1 aliphatic rings. The van der Waals surface area contributed by atoms with Crippen molar-refractivity contribution in [3.8, 4) is 6.01 Å². The van der Waals surface area contributed by atoms with E-state index >= 15 is 0 Å². The summed E-state index contributed by atoms with van der Waals surface area (Å²) in [5, 5.41) is 22.8. The number of nitrogens with zero attached hydrogens (tertiary/aromatic N) is 3. The number of aromatic nitrogens is 3. The molecule has 14 nitrogen and oxygen atoms in total. The summed E-state index contributed by atoms with van der Waals surface area (Å²) >= 11 is 6.01. The minimum Gasteiger partial charge on any atom is -0.480 e. The zero-order valence-corrected chi connectivity index (χ0v) is 27.5. The third-order valence-electron chi connectivity index (χ3n) is 7.49. The van der Waals surface area contributed by atoms with Crippen LogP contribution in [0.2, 0.25) is 5.02 Å². The second-order valence-corrected chi connectivity index (χ2v) is 11.9. The highest BCUT2D eigenvalue weighted by Gasteiger charge is 2.45. The van der Waals surface area contributed by atoms with Gasteiger partial charge in [0.25, 0.3) is 5.91 Å². The zero-order valence-electron chi connectivity index (χ0n) is 26.8. The van der Waals surface area contributed by atoms with Crippen LogP contribution in [0.1, 0.15) is 35.2 Å². The molecule has 19 heteroatoms. The van der Waals surface area contributed by atoms with Gasteiger partial charge >= 0.3 is 30.0 Å². The SMILES string of the molecule is O=C(Nc1cccc(F)c1)C(=O)NC(CCNC(=O)c1ccc(Nc2nc(NC3(c4ccc(Cl)cc4)CC3)nc(OCC(F)(F)F)n2)cc1)C(=O)O. The largest absolute Gasteiger partial charge is 0.480 e. The fourth-order valence-electron chi connectivity index (χ4n) is 4.77. The number of rotatable bonds is 14. The summed E-state index contributed by atoms with van der Waals surface area (Å²) in [4.78, 5) is 61.0. The molecule has 3 amide bonds. The number of carbonyl (C=O) groups excluding carboxylic acids is 3. The van der Waals surface area contributed by atoms with Crippen molar-refractivity contribution in [2.24, 2.45) is 0 Å². The monoisotopic (exact) mass is 744 g/mol. The van der Waals surface area contributed by atoms with E-state index in [4.69, 9.17) is 16.3 Å². The lowest BCUT2D eigenvalue weighted by atomic mass is 10.1. The Kier molecular flexibility index (Phi) is 11.4.